The van der Waals surface area contributed by atoms with E-state index in [9.17, 15) is 4.79 Å². The fraction of sp³-hybridized carbons (Fsp3) is 0.533. The lowest BCUT2D eigenvalue weighted by Crippen LogP contribution is -2.48. The van der Waals surface area contributed by atoms with Crippen LogP contribution in [0.4, 0.5) is 5.82 Å². The molecule has 0 bridgehead atoms. The molecule has 1 saturated carbocycles. The van der Waals surface area contributed by atoms with E-state index in [0.29, 0.717) is 17.1 Å². The molecule has 4 aliphatic rings. The second-order valence-electron chi connectivity index (χ2n) is 11.7. The van der Waals surface area contributed by atoms with Crippen molar-refractivity contribution in [3.8, 4) is 0 Å². The van der Waals surface area contributed by atoms with Crippen LogP contribution in [0.15, 0.2) is 54.5 Å². The summed E-state index contributed by atoms with van der Waals surface area (Å²) >= 11 is 0. The number of nitrogens with one attached hydrogen (secondary N) is 1. The topological polar surface area (TPSA) is 83.6 Å². The highest BCUT2D eigenvalue weighted by molar-refractivity contribution is 6.07. The normalized spacial score (nSPS) is 23.8. The Morgan fingerprint density at radius 1 is 1.00 bits per heavy atom. The van der Waals surface area contributed by atoms with E-state index in [1.807, 2.05) is 4.68 Å². The number of allylic oxidation sites excluding steroid dienone is 4. The molecule has 5 heterocycles. The van der Waals surface area contributed by atoms with Crippen molar-refractivity contribution < 1.29 is 4.79 Å². The van der Waals surface area contributed by atoms with Crippen LogP contribution in [0.3, 0.4) is 0 Å². The highest BCUT2D eigenvalue weighted by atomic mass is 16.1. The van der Waals surface area contributed by atoms with Crippen LogP contribution in [0, 0.1) is 0 Å². The fourth-order valence-corrected chi connectivity index (χ4v) is 6.64. The van der Waals surface area contributed by atoms with E-state index in [-0.39, 0.29) is 11.9 Å². The van der Waals surface area contributed by atoms with Crippen molar-refractivity contribution in [1.29, 1.82) is 0 Å². The Balaban J connectivity index is 1.07. The number of likely N-dealkylation sites (tertiary alicyclic amines) is 2. The van der Waals surface area contributed by atoms with Gasteiger partial charge in [-0.25, -0.2) is 14.2 Å². The lowest BCUT2D eigenvalue weighted by molar-refractivity contribution is 0.0839. The zero-order valence-corrected chi connectivity index (χ0v) is 22.7. The van der Waals surface area contributed by atoms with E-state index in [4.69, 9.17) is 5.10 Å². The number of nitrogens with zero attached hydrogens (tertiary/aromatic N) is 7. The highest BCUT2D eigenvalue weighted by Crippen LogP contribution is 2.35. The molecule has 204 valence electrons. The van der Waals surface area contributed by atoms with Gasteiger partial charge in [0.2, 0.25) is 0 Å². The predicted octanol–water partition coefficient (Wildman–Crippen LogP) is 4.43. The molecule has 2 aliphatic carbocycles. The Morgan fingerprint density at radius 3 is 2.46 bits per heavy atom. The molecule has 1 unspecified atom stereocenters. The van der Waals surface area contributed by atoms with Crippen molar-refractivity contribution >= 4 is 17.4 Å². The zero-order valence-electron chi connectivity index (χ0n) is 22.7. The molecule has 0 aromatic carbocycles. The molecule has 9 nitrogen and oxygen atoms in total. The SMILES string of the molecule is CC1=CCC(n2nc(C3CCN(C4CCN(C5CC5)CC4)CC3)cc2NC(=O)c2cnn3cccnc23)C=C1. The second kappa shape index (κ2) is 10.4. The van der Waals surface area contributed by atoms with Crippen LogP contribution in [0.5, 0.6) is 0 Å². The Hall–Kier alpha value is -3.30. The van der Waals surface area contributed by atoms with E-state index in [1.165, 1.54) is 44.3 Å². The summed E-state index contributed by atoms with van der Waals surface area (Å²) in [6.07, 6.45) is 20.2. The van der Waals surface area contributed by atoms with Crippen LogP contribution in [0.1, 0.15) is 79.9 Å². The molecular formula is C30H38N8O. The smallest absolute Gasteiger partial charge is 0.262 e. The summed E-state index contributed by atoms with van der Waals surface area (Å²) in [4.78, 5) is 23.2. The summed E-state index contributed by atoms with van der Waals surface area (Å²) in [6, 6.07) is 5.61. The molecule has 0 spiro atoms. The van der Waals surface area contributed by atoms with Crippen molar-refractivity contribution in [2.24, 2.45) is 0 Å². The van der Waals surface area contributed by atoms with Gasteiger partial charge in [0.05, 0.1) is 17.9 Å². The van der Waals surface area contributed by atoms with Gasteiger partial charge in [-0.2, -0.15) is 10.2 Å². The average molecular weight is 527 g/mol. The number of hydrogen-bond acceptors (Lipinski definition) is 6. The highest BCUT2D eigenvalue weighted by Gasteiger charge is 2.35. The van der Waals surface area contributed by atoms with Crippen LogP contribution in [-0.4, -0.2) is 78.3 Å². The lowest BCUT2D eigenvalue weighted by atomic mass is 9.91. The minimum atomic E-state index is -0.213. The summed E-state index contributed by atoms with van der Waals surface area (Å²) in [5.41, 5.74) is 3.36. The molecule has 39 heavy (non-hydrogen) atoms. The molecule has 2 aliphatic heterocycles. The number of piperidine rings is 2. The molecule has 2 saturated heterocycles. The maximum atomic E-state index is 13.4. The number of carbonyl (C=O) groups is 1. The Kier molecular flexibility index (Phi) is 6.56. The van der Waals surface area contributed by atoms with Gasteiger partial charge in [-0.05, 0) is 84.1 Å². The molecule has 1 amide bonds. The maximum Gasteiger partial charge on any atom is 0.262 e. The summed E-state index contributed by atoms with van der Waals surface area (Å²) in [6.45, 7) is 6.92. The van der Waals surface area contributed by atoms with E-state index >= 15 is 0 Å². The third kappa shape index (κ3) is 5.05. The third-order valence-corrected chi connectivity index (χ3v) is 9.12. The van der Waals surface area contributed by atoms with Gasteiger partial charge in [0, 0.05) is 36.5 Å². The molecule has 3 aromatic rings. The first-order valence-electron chi connectivity index (χ1n) is 14.6. The van der Waals surface area contributed by atoms with Crippen molar-refractivity contribution in [1.82, 2.24) is 34.2 Å². The van der Waals surface area contributed by atoms with Crippen molar-refractivity contribution in [2.45, 2.75) is 75.9 Å². The zero-order chi connectivity index (χ0) is 26.3. The number of hydrogen-bond donors (Lipinski definition) is 1. The van der Waals surface area contributed by atoms with E-state index < -0.39 is 0 Å². The molecule has 9 heteroatoms. The number of fused-ring (bicyclic) bond motifs is 1. The largest absolute Gasteiger partial charge is 0.307 e. The van der Waals surface area contributed by atoms with Gasteiger partial charge in [0.25, 0.3) is 5.91 Å². The molecule has 7 rings (SSSR count). The summed E-state index contributed by atoms with van der Waals surface area (Å²) in [5, 5.41) is 12.5. The Bertz CT molecular complexity index is 1400. The monoisotopic (exact) mass is 526 g/mol. The quantitative estimate of drug-likeness (QED) is 0.512. The fourth-order valence-electron chi connectivity index (χ4n) is 6.64. The number of rotatable bonds is 6. The van der Waals surface area contributed by atoms with Crippen LogP contribution in [0.2, 0.25) is 0 Å². The number of anilines is 1. The second-order valence-corrected chi connectivity index (χ2v) is 11.7. The first kappa shape index (κ1) is 24.7. The van der Waals surface area contributed by atoms with Crippen LogP contribution in [0.25, 0.3) is 5.65 Å². The first-order valence-corrected chi connectivity index (χ1v) is 14.6. The third-order valence-electron chi connectivity index (χ3n) is 9.12. The minimum absolute atomic E-state index is 0.0801. The van der Waals surface area contributed by atoms with E-state index in [2.05, 4.69) is 56.4 Å². The Labute approximate surface area is 229 Å². The van der Waals surface area contributed by atoms with Gasteiger partial charge in [-0.3, -0.25) is 4.79 Å². The van der Waals surface area contributed by atoms with Crippen molar-refractivity contribution in [3.63, 3.8) is 0 Å². The van der Waals surface area contributed by atoms with Crippen LogP contribution >= 0.6 is 0 Å². The van der Waals surface area contributed by atoms with Crippen LogP contribution < -0.4 is 5.32 Å². The summed E-state index contributed by atoms with van der Waals surface area (Å²) in [5.74, 6) is 0.936. The number of amides is 1. The predicted molar refractivity (Wildman–Crippen MR) is 151 cm³/mol. The standard InChI is InChI=1S/C30H38N8O/c1-21-3-5-25(6-4-21)38-28(33-30(39)26-20-32-37-14-2-13-31-29(26)37)19-27(34-38)22-9-15-35(16-10-22)24-11-17-36(18-12-24)23-7-8-23/h2-5,13-14,19-20,22-25H,6-12,15-18H2,1H3,(H,33,39). The lowest BCUT2D eigenvalue weighted by Gasteiger charge is -2.41. The van der Waals surface area contributed by atoms with Gasteiger partial charge in [0.15, 0.2) is 5.65 Å². The molecule has 3 fully saturated rings. The molecule has 3 aromatic heterocycles. The van der Waals surface area contributed by atoms with Crippen molar-refractivity contribution in [3.05, 3.63) is 65.8 Å². The molecule has 1 N–H and O–H groups in total. The minimum Gasteiger partial charge on any atom is -0.307 e. The van der Waals surface area contributed by atoms with Crippen molar-refractivity contribution in [2.75, 3.05) is 31.5 Å². The Morgan fingerprint density at radius 2 is 1.74 bits per heavy atom. The van der Waals surface area contributed by atoms with Gasteiger partial charge < -0.3 is 15.1 Å². The number of carbonyl (C=O) groups excluding carboxylic acids is 1. The van der Waals surface area contributed by atoms with Gasteiger partial charge in [-0.15, -0.1) is 0 Å². The van der Waals surface area contributed by atoms with E-state index in [0.717, 1.165) is 55.9 Å². The number of aromatic nitrogens is 5. The van der Waals surface area contributed by atoms with Gasteiger partial charge in [-0.1, -0.05) is 23.8 Å². The maximum absolute atomic E-state index is 13.4. The van der Waals surface area contributed by atoms with Crippen LogP contribution in [-0.2, 0) is 0 Å². The molecular weight excluding hydrogens is 488 g/mol. The molecule has 1 atom stereocenters. The average Bonchev–Trinajstić information content (AvgIpc) is 3.61. The summed E-state index contributed by atoms with van der Waals surface area (Å²) < 4.78 is 3.63. The molecule has 0 radical (unpaired) electrons. The van der Waals surface area contributed by atoms with E-state index in [1.54, 1.807) is 29.2 Å². The first-order chi connectivity index (χ1) is 19.1. The van der Waals surface area contributed by atoms with Gasteiger partial charge >= 0.3 is 0 Å². The van der Waals surface area contributed by atoms with Gasteiger partial charge in [0.1, 0.15) is 11.4 Å². The summed E-state index contributed by atoms with van der Waals surface area (Å²) in [7, 11) is 0.